The summed E-state index contributed by atoms with van der Waals surface area (Å²) in [6.45, 7) is 0.807. The van der Waals surface area contributed by atoms with Gasteiger partial charge in [0, 0.05) is 6.42 Å². The van der Waals surface area contributed by atoms with Crippen LogP contribution in [0.2, 0.25) is 0 Å². The number of aliphatic hydroxyl groups is 7. The minimum absolute atomic E-state index is 0.0719. The highest BCUT2D eigenvalue weighted by molar-refractivity contribution is 5.69. The topological polar surface area (TPSA) is 196 Å². The van der Waals surface area contributed by atoms with Crippen molar-refractivity contribution in [1.82, 2.24) is 0 Å². The number of aliphatic hydroxyl groups excluding tert-OH is 7. The van der Waals surface area contributed by atoms with Crippen molar-refractivity contribution >= 4 is 5.97 Å². The number of carbonyl (C=O) groups excluding carboxylic acids is 1. The minimum Gasteiger partial charge on any atom is -0.456 e. The lowest BCUT2D eigenvalue weighted by Crippen LogP contribution is -2.65. The molecule has 0 aliphatic carbocycles. The second-order valence-electron chi connectivity index (χ2n) is 11.0. The minimum atomic E-state index is -1.77. The molecule has 0 bridgehead atoms. The van der Waals surface area contributed by atoms with E-state index in [2.05, 4.69) is 31.2 Å². The van der Waals surface area contributed by atoms with Gasteiger partial charge in [-0.25, -0.2) is 0 Å². The zero-order valence-electron chi connectivity index (χ0n) is 24.7. The molecule has 2 heterocycles. The average Bonchev–Trinajstić information content (AvgIpc) is 2.98. The van der Waals surface area contributed by atoms with Crippen LogP contribution in [-0.2, 0) is 23.7 Å². The van der Waals surface area contributed by atoms with E-state index in [4.69, 9.17) is 18.9 Å². The molecule has 12 nitrogen and oxygen atoms in total. The van der Waals surface area contributed by atoms with Crippen LogP contribution in [0.1, 0.15) is 84.0 Å². The predicted octanol–water partition coefficient (Wildman–Crippen LogP) is 0.967. The van der Waals surface area contributed by atoms with Gasteiger partial charge in [-0.3, -0.25) is 4.79 Å². The quantitative estimate of drug-likeness (QED) is 0.0628. The summed E-state index contributed by atoms with van der Waals surface area (Å²) in [5, 5.41) is 70.4. The molecular weight excluding hydrogens is 552 g/mol. The van der Waals surface area contributed by atoms with Crippen molar-refractivity contribution in [3.8, 4) is 0 Å². The van der Waals surface area contributed by atoms with Crippen LogP contribution in [0.4, 0.5) is 0 Å². The Labute approximate surface area is 248 Å². The summed E-state index contributed by atoms with van der Waals surface area (Å²) >= 11 is 0. The first-order chi connectivity index (χ1) is 20.2. The van der Waals surface area contributed by atoms with Crippen molar-refractivity contribution in [3.05, 3.63) is 24.3 Å². The fourth-order valence-electron chi connectivity index (χ4n) is 4.99. The number of allylic oxidation sites excluding steroid dienone is 4. The molecule has 42 heavy (non-hydrogen) atoms. The highest BCUT2D eigenvalue weighted by Gasteiger charge is 2.51. The average molecular weight is 605 g/mol. The Balaban J connectivity index is 1.72. The van der Waals surface area contributed by atoms with Crippen molar-refractivity contribution in [1.29, 1.82) is 0 Å². The van der Waals surface area contributed by atoms with E-state index in [1.54, 1.807) is 0 Å². The Kier molecular flexibility index (Phi) is 17.9. The van der Waals surface area contributed by atoms with Crippen molar-refractivity contribution in [2.45, 2.75) is 145 Å². The molecule has 2 aliphatic heterocycles. The number of esters is 1. The van der Waals surface area contributed by atoms with Crippen LogP contribution >= 0.6 is 0 Å². The third-order valence-corrected chi connectivity index (χ3v) is 7.55. The molecule has 0 radical (unpaired) electrons. The molecule has 0 unspecified atom stereocenters. The lowest BCUT2D eigenvalue weighted by atomic mass is 9.97. The summed E-state index contributed by atoms with van der Waals surface area (Å²) < 4.78 is 21.3. The summed E-state index contributed by atoms with van der Waals surface area (Å²) in [4.78, 5) is 12.5. The third-order valence-electron chi connectivity index (χ3n) is 7.55. The molecule has 7 N–H and O–H groups in total. The molecule has 12 heteroatoms. The number of rotatable bonds is 19. The van der Waals surface area contributed by atoms with Crippen molar-refractivity contribution in [3.63, 3.8) is 0 Å². The molecule has 0 spiro atoms. The Hall–Kier alpha value is -1.45. The SMILES string of the molecule is CCCCC/C=C\C/C=C\CCCCCCCC(=O)O[C@@H]1[C@@H](O)[C@@H](O[C@H]2[C@H](O)[C@@H](O)[C@H](O)O[C@@H]2CO)O[C@H](CO)[C@H]1O. The van der Waals surface area contributed by atoms with Crippen molar-refractivity contribution in [2.24, 2.45) is 0 Å². The van der Waals surface area contributed by atoms with Crippen LogP contribution in [0.15, 0.2) is 24.3 Å². The van der Waals surface area contributed by atoms with Gasteiger partial charge in [-0.15, -0.1) is 0 Å². The van der Waals surface area contributed by atoms with Crippen molar-refractivity contribution < 1.29 is 59.5 Å². The van der Waals surface area contributed by atoms with Gasteiger partial charge >= 0.3 is 5.97 Å². The molecule has 244 valence electrons. The maximum atomic E-state index is 12.5. The lowest BCUT2D eigenvalue weighted by Gasteiger charge is -2.45. The van der Waals surface area contributed by atoms with Gasteiger partial charge in [-0.2, -0.15) is 0 Å². The number of carbonyl (C=O) groups is 1. The Bertz CT molecular complexity index is 790. The molecule has 10 atom stereocenters. The first-order valence-electron chi connectivity index (χ1n) is 15.3. The summed E-state index contributed by atoms with van der Waals surface area (Å²) in [7, 11) is 0. The Morgan fingerprint density at radius 1 is 0.690 bits per heavy atom. The van der Waals surface area contributed by atoms with Crippen LogP contribution in [0, 0.1) is 0 Å². The maximum absolute atomic E-state index is 12.5. The molecule has 2 aliphatic rings. The van der Waals surface area contributed by atoms with Gasteiger partial charge in [0.2, 0.25) is 0 Å². The predicted molar refractivity (Wildman–Crippen MR) is 152 cm³/mol. The van der Waals surface area contributed by atoms with Gasteiger partial charge in [0.1, 0.15) is 42.7 Å². The van der Waals surface area contributed by atoms with Crippen LogP contribution in [0.3, 0.4) is 0 Å². The number of hydrogen-bond donors (Lipinski definition) is 7. The summed E-state index contributed by atoms with van der Waals surface area (Å²) in [5.41, 5.74) is 0. The third kappa shape index (κ3) is 11.9. The van der Waals surface area contributed by atoms with Gasteiger partial charge in [0.25, 0.3) is 0 Å². The molecule has 2 fully saturated rings. The van der Waals surface area contributed by atoms with E-state index < -0.39 is 80.6 Å². The highest BCUT2D eigenvalue weighted by atomic mass is 16.7. The summed E-state index contributed by atoms with van der Waals surface area (Å²) in [5.74, 6) is -0.645. The fraction of sp³-hybridized carbons (Fsp3) is 0.833. The molecule has 0 amide bonds. The van der Waals surface area contributed by atoms with Gasteiger partial charge in [0.15, 0.2) is 18.7 Å². The first-order valence-corrected chi connectivity index (χ1v) is 15.3. The maximum Gasteiger partial charge on any atom is 0.306 e. The smallest absolute Gasteiger partial charge is 0.306 e. The number of ether oxygens (including phenoxy) is 4. The van der Waals surface area contributed by atoms with E-state index in [0.29, 0.717) is 6.42 Å². The number of unbranched alkanes of at least 4 members (excludes halogenated alkanes) is 8. The van der Waals surface area contributed by atoms with Gasteiger partial charge < -0.3 is 54.7 Å². The molecule has 0 aromatic heterocycles. The Morgan fingerprint density at radius 3 is 1.95 bits per heavy atom. The van der Waals surface area contributed by atoms with Crippen LogP contribution in [0.25, 0.3) is 0 Å². The second-order valence-corrected chi connectivity index (χ2v) is 11.0. The van der Waals surface area contributed by atoms with Crippen LogP contribution in [0.5, 0.6) is 0 Å². The van der Waals surface area contributed by atoms with E-state index in [1.807, 2.05) is 0 Å². The zero-order valence-corrected chi connectivity index (χ0v) is 24.7. The number of hydrogen-bond acceptors (Lipinski definition) is 12. The molecule has 0 saturated carbocycles. The van der Waals surface area contributed by atoms with Gasteiger partial charge in [-0.1, -0.05) is 63.3 Å². The molecule has 0 aromatic rings. The van der Waals surface area contributed by atoms with E-state index in [0.717, 1.165) is 44.9 Å². The lowest BCUT2D eigenvalue weighted by molar-refractivity contribution is -0.355. The highest BCUT2D eigenvalue weighted by Crippen LogP contribution is 2.30. The fourth-order valence-corrected chi connectivity index (χ4v) is 4.99. The summed E-state index contributed by atoms with van der Waals surface area (Å²) in [6.07, 6.45) is 4.55. The molecule has 2 saturated heterocycles. The second kappa shape index (κ2) is 20.5. The van der Waals surface area contributed by atoms with Crippen LogP contribution < -0.4 is 0 Å². The summed E-state index contributed by atoms with van der Waals surface area (Å²) in [6, 6.07) is 0. The zero-order chi connectivity index (χ0) is 30.9. The van der Waals surface area contributed by atoms with E-state index in [-0.39, 0.29) is 6.42 Å². The van der Waals surface area contributed by atoms with E-state index in [1.165, 1.54) is 19.3 Å². The standard InChI is InChI=1S/C30H52O12/c1-2-3-4-5-6-7-8-9-10-11-12-13-14-15-16-17-22(33)41-28-23(34)20(18-31)40-30(26(28)37)42-27-21(19-32)39-29(38)25(36)24(27)35/h6-7,9-10,20-21,23-32,34-38H,2-5,8,11-19H2,1H3/b7-6-,10-9-/t20-,21-,23-,24-,25-,26-,27-,28+,29-,30-/m1/s1. The van der Waals surface area contributed by atoms with Crippen molar-refractivity contribution in [2.75, 3.05) is 13.2 Å². The monoisotopic (exact) mass is 604 g/mol. The first kappa shape index (κ1) is 36.7. The molecule has 0 aromatic carbocycles. The normalized spacial score (nSPS) is 33.9. The molecule has 2 rings (SSSR count). The van der Waals surface area contributed by atoms with Crippen LogP contribution in [-0.4, -0.2) is 116 Å². The largest absolute Gasteiger partial charge is 0.456 e. The van der Waals surface area contributed by atoms with Gasteiger partial charge in [-0.05, 0) is 38.5 Å². The van der Waals surface area contributed by atoms with E-state index in [9.17, 15) is 40.5 Å². The molecular formula is C30H52O12. The van der Waals surface area contributed by atoms with Gasteiger partial charge in [0.05, 0.1) is 13.2 Å². The Morgan fingerprint density at radius 2 is 1.31 bits per heavy atom. The van der Waals surface area contributed by atoms with E-state index >= 15 is 0 Å².